The first kappa shape index (κ1) is 47.1. The Morgan fingerprint density at radius 1 is 0.388 bits per heavy atom. The lowest BCUT2D eigenvalue weighted by Crippen LogP contribution is -2.30. The maximum Gasteiger partial charge on any atom is 0.306 e. The molecule has 0 saturated carbocycles. The zero-order chi connectivity index (χ0) is 35.9. The molecule has 0 heterocycles. The Morgan fingerprint density at radius 2 is 0.673 bits per heavy atom. The van der Waals surface area contributed by atoms with Crippen molar-refractivity contribution in [2.24, 2.45) is 0 Å². The van der Waals surface area contributed by atoms with Crippen molar-refractivity contribution < 1.29 is 28.6 Å². The van der Waals surface area contributed by atoms with Crippen LogP contribution in [0.1, 0.15) is 226 Å². The van der Waals surface area contributed by atoms with E-state index < -0.39 is 6.10 Å². The van der Waals surface area contributed by atoms with Gasteiger partial charge in [-0.1, -0.05) is 174 Å². The lowest BCUT2D eigenvalue weighted by Gasteiger charge is -2.18. The van der Waals surface area contributed by atoms with Gasteiger partial charge in [-0.15, -0.1) is 0 Å². The largest absolute Gasteiger partial charge is 0.462 e. The van der Waals surface area contributed by atoms with E-state index in [1.165, 1.54) is 122 Å². The Hall–Kier alpha value is -1.85. The third-order valence-electron chi connectivity index (χ3n) is 9.27. The molecule has 49 heavy (non-hydrogen) atoms. The summed E-state index contributed by atoms with van der Waals surface area (Å²) in [6, 6.07) is 0. The first-order chi connectivity index (χ1) is 24.0. The molecule has 0 N–H and O–H groups in total. The fraction of sp³-hybridized carbons (Fsp3) is 0.884. The van der Waals surface area contributed by atoms with Crippen molar-refractivity contribution in [3.8, 4) is 0 Å². The summed E-state index contributed by atoms with van der Waals surface area (Å²) in [5.74, 6) is -0.881. The molecule has 0 radical (unpaired) electrons. The molecule has 6 nitrogen and oxygen atoms in total. The van der Waals surface area contributed by atoms with Gasteiger partial charge in [0.05, 0.1) is 0 Å². The minimum Gasteiger partial charge on any atom is -0.462 e. The maximum absolute atomic E-state index is 12.6. The molecular formula is C43H80O6. The van der Waals surface area contributed by atoms with Gasteiger partial charge in [-0.05, 0) is 44.9 Å². The number of carbonyl (C=O) groups excluding carboxylic acids is 3. The summed E-state index contributed by atoms with van der Waals surface area (Å²) in [5, 5.41) is 0. The number of esters is 3. The Bertz CT molecular complexity index is 763. The first-order valence-electron chi connectivity index (χ1n) is 21.2. The lowest BCUT2D eigenvalue weighted by atomic mass is 10.1. The highest BCUT2D eigenvalue weighted by Gasteiger charge is 2.19. The molecule has 0 aromatic heterocycles. The number of rotatable bonds is 38. The molecule has 0 fully saturated rings. The standard InChI is InChI=1S/C43H80O6/c1-4-7-10-13-16-19-20-21-22-25-27-30-33-36-42(45)48-39-40(49-43(46)37-34-31-28-24-18-15-12-9-6-3)38-47-41(44)35-32-29-26-23-17-14-11-8-5-2/h19-20,40H,4-18,21-39H2,1-3H3/b20-19+/t40-/m1/s1. The second kappa shape index (κ2) is 38.9. The van der Waals surface area contributed by atoms with Crippen LogP contribution in [0, 0.1) is 0 Å². The molecule has 1 atom stereocenters. The van der Waals surface area contributed by atoms with Crippen LogP contribution in [-0.2, 0) is 28.6 Å². The lowest BCUT2D eigenvalue weighted by molar-refractivity contribution is -0.167. The van der Waals surface area contributed by atoms with Gasteiger partial charge in [0, 0.05) is 19.3 Å². The van der Waals surface area contributed by atoms with Gasteiger partial charge in [-0.25, -0.2) is 0 Å². The number of unbranched alkanes of at least 4 members (excludes halogenated alkanes) is 25. The average Bonchev–Trinajstić information content (AvgIpc) is 3.10. The van der Waals surface area contributed by atoms with Crippen molar-refractivity contribution in [3.05, 3.63) is 12.2 Å². The fourth-order valence-electron chi connectivity index (χ4n) is 6.02. The van der Waals surface area contributed by atoms with E-state index in [2.05, 4.69) is 32.9 Å². The van der Waals surface area contributed by atoms with Crippen molar-refractivity contribution in [1.29, 1.82) is 0 Å². The summed E-state index contributed by atoms with van der Waals surface area (Å²) < 4.78 is 16.6. The Balaban J connectivity index is 4.33. The van der Waals surface area contributed by atoms with Crippen LogP contribution < -0.4 is 0 Å². The summed E-state index contributed by atoms with van der Waals surface area (Å²) in [4.78, 5) is 37.5. The fourth-order valence-corrected chi connectivity index (χ4v) is 6.02. The van der Waals surface area contributed by atoms with E-state index in [1.807, 2.05) is 0 Å². The minimum absolute atomic E-state index is 0.0692. The Kier molecular flexibility index (Phi) is 37.5. The molecule has 0 aliphatic heterocycles. The monoisotopic (exact) mass is 693 g/mol. The number of hydrogen-bond donors (Lipinski definition) is 0. The number of allylic oxidation sites excluding steroid dienone is 2. The predicted octanol–water partition coefficient (Wildman–Crippen LogP) is 13.1. The van der Waals surface area contributed by atoms with Crippen LogP contribution in [0.15, 0.2) is 12.2 Å². The highest BCUT2D eigenvalue weighted by atomic mass is 16.6. The van der Waals surface area contributed by atoms with Gasteiger partial charge in [0.25, 0.3) is 0 Å². The highest BCUT2D eigenvalue weighted by molar-refractivity contribution is 5.71. The van der Waals surface area contributed by atoms with E-state index in [0.717, 1.165) is 64.2 Å². The van der Waals surface area contributed by atoms with Crippen LogP contribution >= 0.6 is 0 Å². The van der Waals surface area contributed by atoms with Gasteiger partial charge in [0.1, 0.15) is 13.2 Å². The van der Waals surface area contributed by atoms with Crippen LogP contribution in [0.3, 0.4) is 0 Å². The van der Waals surface area contributed by atoms with E-state index in [1.54, 1.807) is 0 Å². The molecule has 0 aliphatic rings. The van der Waals surface area contributed by atoms with Crippen LogP contribution in [0.5, 0.6) is 0 Å². The Labute approximate surface area is 303 Å². The van der Waals surface area contributed by atoms with Gasteiger partial charge in [-0.2, -0.15) is 0 Å². The van der Waals surface area contributed by atoms with Crippen molar-refractivity contribution in [2.75, 3.05) is 13.2 Å². The molecule has 0 amide bonds. The summed E-state index contributed by atoms with van der Waals surface area (Å²) in [6.45, 7) is 6.57. The molecule has 0 bridgehead atoms. The third-order valence-corrected chi connectivity index (χ3v) is 9.27. The third kappa shape index (κ3) is 37.2. The molecule has 0 aromatic rings. The molecule has 0 saturated heterocycles. The molecule has 0 aliphatic carbocycles. The van der Waals surface area contributed by atoms with Gasteiger partial charge in [0.2, 0.25) is 0 Å². The quantitative estimate of drug-likeness (QED) is 0.0277. The number of ether oxygens (including phenoxy) is 3. The second-order valence-corrected chi connectivity index (χ2v) is 14.3. The van der Waals surface area contributed by atoms with Crippen molar-refractivity contribution >= 4 is 17.9 Å². The second-order valence-electron chi connectivity index (χ2n) is 14.3. The molecule has 288 valence electrons. The summed E-state index contributed by atoms with van der Waals surface area (Å²) in [6.07, 6.45) is 39.1. The SMILES string of the molecule is CCCCCC/C=C/CCCCCCCC(=O)OC[C@@H](COC(=O)CCCCCCCCCCC)OC(=O)CCCCCCCCCCC. The molecule has 0 unspecified atom stereocenters. The first-order valence-corrected chi connectivity index (χ1v) is 21.2. The van der Waals surface area contributed by atoms with Crippen molar-refractivity contribution in [1.82, 2.24) is 0 Å². The zero-order valence-electron chi connectivity index (χ0n) is 32.7. The minimum atomic E-state index is -0.762. The summed E-state index contributed by atoms with van der Waals surface area (Å²) >= 11 is 0. The average molecular weight is 693 g/mol. The smallest absolute Gasteiger partial charge is 0.306 e. The summed E-state index contributed by atoms with van der Waals surface area (Å²) in [7, 11) is 0. The molecule has 0 spiro atoms. The van der Waals surface area contributed by atoms with Crippen LogP contribution in [0.4, 0.5) is 0 Å². The topological polar surface area (TPSA) is 78.9 Å². The van der Waals surface area contributed by atoms with E-state index in [0.29, 0.717) is 19.3 Å². The number of carbonyl (C=O) groups is 3. The maximum atomic E-state index is 12.6. The van der Waals surface area contributed by atoms with E-state index in [9.17, 15) is 14.4 Å². The highest BCUT2D eigenvalue weighted by Crippen LogP contribution is 2.14. The van der Waals surface area contributed by atoms with E-state index >= 15 is 0 Å². The number of hydrogen-bond acceptors (Lipinski definition) is 6. The molecule has 0 rings (SSSR count). The van der Waals surface area contributed by atoms with Gasteiger partial charge in [0.15, 0.2) is 6.10 Å². The Morgan fingerprint density at radius 3 is 1.04 bits per heavy atom. The van der Waals surface area contributed by atoms with Crippen LogP contribution in [0.25, 0.3) is 0 Å². The molecule has 0 aromatic carbocycles. The van der Waals surface area contributed by atoms with Crippen LogP contribution in [-0.4, -0.2) is 37.2 Å². The van der Waals surface area contributed by atoms with E-state index in [4.69, 9.17) is 14.2 Å². The molecule has 6 heteroatoms. The van der Waals surface area contributed by atoms with Gasteiger partial charge < -0.3 is 14.2 Å². The van der Waals surface area contributed by atoms with E-state index in [-0.39, 0.29) is 31.1 Å². The van der Waals surface area contributed by atoms with Gasteiger partial charge >= 0.3 is 17.9 Å². The van der Waals surface area contributed by atoms with Crippen LogP contribution in [0.2, 0.25) is 0 Å². The summed E-state index contributed by atoms with van der Waals surface area (Å²) in [5.41, 5.74) is 0. The zero-order valence-corrected chi connectivity index (χ0v) is 32.7. The van der Waals surface area contributed by atoms with Crippen molar-refractivity contribution in [3.63, 3.8) is 0 Å². The normalized spacial score (nSPS) is 12.0. The van der Waals surface area contributed by atoms with Crippen molar-refractivity contribution in [2.45, 2.75) is 232 Å². The molecular weight excluding hydrogens is 612 g/mol. The van der Waals surface area contributed by atoms with Gasteiger partial charge in [-0.3, -0.25) is 14.4 Å². The predicted molar refractivity (Wildman–Crippen MR) is 206 cm³/mol.